The first-order valence-electron chi connectivity index (χ1n) is 10.7. The molecule has 5 heteroatoms. The number of carbonyl (C=O) groups is 1. The lowest BCUT2D eigenvalue weighted by Gasteiger charge is -2.28. The van der Waals surface area contributed by atoms with Gasteiger partial charge >= 0.3 is 5.97 Å². The maximum absolute atomic E-state index is 11.7. The fourth-order valence-corrected chi connectivity index (χ4v) is 3.96. The molecule has 5 nitrogen and oxygen atoms in total. The standard InChI is InChI=1S/C26H28N2O3/c1-19-9-10-23-24(27-19)7-4-8-25(23)31-16-15-28-13-11-20(12-14-28)17-21-5-3-6-22(18-21)26(29)30-2/h3-10,17-18H,11-16H2,1-2H3. The summed E-state index contributed by atoms with van der Waals surface area (Å²) in [6, 6.07) is 17.7. The number of rotatable bonds is 6. The lowest BCUT2D eigenvalue weighted by molar-refractivity contribution is 0.0600. The second-order valence-electron chi connectivity index (χ2n) is 7.89. The van der Waals surface area contributed by atoms with E-state index in [4.69, 9.17) is 9.47 Å². The second-order valence-corrected chi connectivity index (χ2v) is 7.89. The summed E-state index contributed by atoms with van der Waals surface area (Å²) in [7, 11) is 1.41. The number of hydrogen-bond acceptors (Lipinski definition) is 5. The monoisotopic (exact) mass is 416 g/mol. The lowest BCUT2D eigenvalue weighted by atomic mass is 10.00. The fraction of sp³-hybridized carbons (Fsp3) is 0.308. The summed E-state index contributed by atoms with van der Waals surface area (Å²) in [5.41, 5.74) is 5.04. The van der Waals surface area contributed by atoms with E-state index in [-0.39, 0.29) is 5.97 Å². The van der Waals surface area contributed by atoms with Gasteiger partial charge in [0.2, 0.25) is 0 Å². The van der Waals surface area contributed by atoms with Crippen molar-refractivity contribution in [2.45, 2.75) is 19.8 Å². The number of piperidine rings is 1. The molecule has 31 heavy (non-hydrogen) atoms. The summed E-state index contributed by atoms with van der Waals surface area (Å²) < 4.78 is 10.9. The molecule has 2 heterocycles. The highest BCUT2D eigenvalue weighted by molar-refractivity contribution is 5.90. The zero-order valence-electron chi connectivity index (χ0n) is 18.1. The van der Waals surface area contributed by atoms with E-state index in [0.29, 0.717) is 12.2 Å². The summed E-state index contributed by atoms with van der Waals surface area (Å²) in [6.45, 7) is 5.60. The number of aryl methyl sites for hydroxylation is 1. The van der Waals surface area contributed by atoms with Crippen molar-refractivity contribution in [3.8, 4) is 5.75 Å². The quantitative estimate of drug-likeness (QED) is 0.536. The number of hydrogen-bond donors (Lipinski definition) is 0. The average Bonchev–Trinajstić information content (AvgIpc) is 2.80. The van der Waals surface area contributed by atoms with Crippen LogP contribution in [-0.2, 0) is 4.74 Å². The normalized spacial score (nSPS) is 14.5. The SMILES string of the molecule is COC(=O)c1cccc(C=C2CCN(CCOc3cccc4nc(C)ccc34)CC2)c1. The van der Waals surface area contributed by atoms with E-state index in [1.54, 1.807) is 6.07 Å². The Hall–Kier alpha value is -3.18. The van der Waals surface area contributed by atoms with Crippen molar-refractivity contribution < 1.29 is 14.3 Å². The van der Waals surface area contributed by atoms with E-state index in [0.717, 1.165) is 60.4 Å². The molecule has 1 aliphatic heterocycles. The largest absolute Gasteiger partial charge is 0.492 e. The van der Waals surface area contributed by atoms with Gasteiger partial charge < -0.3 is 9.47 Å². The predicted molar refractivity (Wildman–Crippen MR) is 123 cm³/mol. The minimum absolute atomic E-state index is 0.299. The highest BCUT2D eigenvalue weighted by atomic mass is 16.5. The van der Waals surface area contributed by atoms with Crippen LogP contribution in [0.2, 0.25) is 0 Å². The minimum atomic E-state index is -0.299. The van der Waals surface area contributed by atoms with E-state index in [1.807, 2.05) is 49.4 Å². The highest BCUT2D eigenvalue weighted by Gasteiger charge is 2.14. The third-order valence-electron chi connectivity index (χ3n) is 5.67. The van der Waals surface area contributed by atoms with Crippen molar-refractivity contribution >= 4 is 22.9 Å². The van der Waals surface area contributed by atoms with Gasteiger partial charge in [-0.2, -0.15) is 0 Å². The van der Waals surface area contributed by atoms with Gasteiger partial charge in [0, 0.05) is 30.7 Å². The van der Waals surface area contributed by atoms with Crippen LogP contribution < -0.4 is 4.74 Å². The first-order chi connectivity index (χ1) is 15.1. The first kappa shape index (κ1) is 21.1. The Balaban J connectivity index is 1.29. The first-order valence-corrected chi connectivity index (χ1v) is 10.7. The summed E-state index contributed by atoms with van der Waals surface area (Å²) >= 11 is 0. The Morgan fingerprint density at radius 3 is 2.71 bits per heavy atom. The van der Waals surface area contributed by atoms with Crippen molar-refractivity contribution in [3.05, 3.63) is 77.0 Å². The molecular weight excluding hydrogens is 388 g/mol. The Labute approximate surface area is 183 Å². The second kappa shape index (κ2) is 9.75. The summed E-state index contributed by atoms with van der Waals surface area (Å²) in [5.74, 6) is 0.597. The van der Waals surface area contributed by atoms with Crippen LogP contribution >= 0.6 is 0 Å². The number of fused-ring (bicyclic) bond motifs is 1. The maximum atomic E-state index is 11.7. The molecular formula is C26H28N2O3. The van der Waals surface area contributed by atoms with Crippen LogP contribution in [0.3, 0.4) is 0 Å². The van der Waals surface area contributed by atoms with Gasteiger partial charge in [-0.05, 0) is 61.7 Å². The molecule has 0 radical (unpaired) electrons. The summed E-state index contributed by atoms with van der Waals surface area (Å²) in [4.78, 5) is 18.7. The van der Waals surface area contributed by atoms with Crippen molar-refractivity contribution in [1.82, 2.24) is 9.88 Å². The zero-order chi connectivity index (χ0) is 21.6. The molecule has 0 aliphatic carbocycles. The van der Waals surface area contributed by atoms with Crippen molar-refractivity contribution in [3.63, 3.8) is 0 Å². The molecule has 0 N–H and O–H groups in total. The molecule has 0 saturated carbocycles. The van der Waals surface area contributed by atoms with Crippen LogP contribution in [-0.4, -0.2) is 49.2 Å². The smallest absolute Gasteiger partial charge is 0.337 e. The van der Waals surface area contributed by atoms with Crippen LogP contribution in [0.25, 0.3) is 17.0 Å². The molecule has 4 rings (SSSR count). The van der Waals surface area contributed by atoms with Gasteiger partial charge in [0.1, 0.15) is 12.4 Å². The maximum Gasteiger partial charge on any atom is 0.337 e. The third kappa shape index (κ3) is 5.30. The number of nitrogens with zero attached hydrogens (tertiary/aromatic N) is 2. The highest BCUT2D eigenvalue weighted by Crippen LogP contribution is 2.25. The van der Waals surface area contributed by atoms with Crippen molar-refractivity contribution in [1.29, 1.82) is 0 Å². The van der Waals surface area contributed by atoms with Gasteiger partial charge in [-0.1, -0.05) is 29.8 Å². The topological polar surface area (TPSA) is 51.7 Å². The Morgan fingerprint density at radius 2 is 1.90 bits per heavy atom. The number of carbonyl (C=O) groups excluding carboxylic acids is 1. The average molecular weight is 417 g/mol. The molecule has 0 atom stereocenters. The van der Waals surface area contributed by atoms with E-state index in [1.165, 1.54) is 12.7 Å². The molecule has 1 aliphatic rings. The molecule has 0 unspecified atom stereocenters. The molecule has 0 bridgehead atoms. The van der Waals surface area contributed by atoms with Crippen molar-refractivity contribution in [2.75, 3.05) is 33.4 Å². The zero-order valence-corrected chi connectivity index (χ0v) is 18.1. The van der Waals surface area contributed by atoms with Crippen LogP contribution in [0.4, 0.5) is 0 Å². The number of benzene rings is 2. The predicted octanol–water partition coefficient (Wildman–Crippen LogP) is 4.89. The summed E-state index contributed by atoms with van der Waals surface area (Å²) in [6.07, 6.45) is 4.26. The molecule has 0 amide bonds. The van der Waals surface area contributed by atoms with Crippen LogP contribution in [0, 0.1) is 6.92 Å². The number of methoxy groups -OCH3 is 1. The Morgan fingerprint density at radius 1 is 1.10 bits per heavy atom. The van der Waals surface area contributed by atoms with Gasteiger partial charge in [0.05, 0.1) is 18.2 Å². The van der Waals surface area contributed by atoms with Gasteiger partial charge in [0.15, 0.2) is 0 Å². The molecule has 1 fully saturated rings. The molecule has 0 spiro atoms. The Kier molecular flexibility index (Phi) is 6.63. The number of likely N-dealkylation sites (tertiary alicyclic amines) is 1. The lowest BCUT2D eigenvalue weighted by Crippen LogP contribution is -2.34. The number of aromatic nitrogens is 1. The van der Waals surface area contributed by atoms with Gasteiger partial charge in [0.25, 0.3) is 0 Å². The van der Waals surface area contributed by atoms with Crippen LogP contribution in [0.15, 0.2) is 60.2 Å². The third-order valence-corrected chi connectivity index (χ3v) is 5.67. The number of ether oxygens (including phenoxy) is 2. The number of pyridine rings is 1. The fourth-order valence-electron chi connectivity index (χ4n) is 3.96. The van der Waals surface area contributed by atoms with E-state index >= 15 is 0 Å². The van der Waals surface area contributed by atoms with Gasteiger partial charge in [-0.3, -0.25) is 9.88 Å². The van der Waals surface area contributed by atoms with Crippen LogP contribution in [0.5, 0.6) is 5.75 Å². The Bertz CT molecular complexity index is 1100. The van der Waals surface area contributed by atoms with E-state index in [2.05, 4.69) is 22.0 Å². The molecule has 160 valence electrons. The minimum Gasteiger partial charge on any atom is -0.492 e. The van der Waals surface area contributed by atoms with E-state index < -0.39 is 0 Å². The summed E-state index contributed by atoms with van der Waals surface area (Å²) in [5, 5.41) is 1.06. The molecule has 2 aromatic carbocycles. The van der Waals surface area contributed by atoms with Gasteiger partial charge in [-0.15, -0.1) is 0 Å². The van der Waals surface area contributed by atoms with Crippen molar-refractivity contribution in [2.24, 2.45) is 0 Å². The van der Waals surface area contributed by atoms with E-state index in [9.17, 15) is 4.79 Å². The number of esters is 1. The molecule has 1 aromatic heterocycles. The van der Waals surface area contributed by atoms with Crippen LogP contribution in [0.1, 0.15) is 34.5 Å². The molecule has 3 aromatic rings. The molecule has 1 saturated heterocycles. The van der Waals surface area contributed by atoms with Gasteiger partial charge in [-0.25, -0.2) is 4.79 Å².